The lowest BCUT2D eigenvalue weighted by molar-refractivity contribution is 0.0205. The molecule has 1 amide bonds. The molecule has 0 spiro atoms. The smallest absolute Gasteiger partial charge is 0.410 e. The van der Waals surface area contributed by atoms with Crippen molar-refractivity contribution in [3.63, 3.8) is 0 Å². The summed E-state index contributed by atoms with van der Waals surface area (Å²) < 4.78 is 6.47. The minimum absolute atomic E-state index is 0.205. The monoisotopic (exact) mass is 449 g/mol. The summed E-state index contributed by atoms with van der Waals surface area (Å²) in [7, 11) is 0. The van der Waals surface area contributed by atoms with Gasteiger partial charge in [-0.3, -0.25) is 0 Å². The molecular weight excluding hydrogens is 426 g/mol. The lowest BCUT2D eigenvalue weighted by Gasteiger charge is -2.33. The molecule has 0 N–H and O–H groups in total. The quantitative estimate of drug-likeness (QED) is 0.499. The van der Waals surface area contributed by atoms with Crippen LogP contribution in [0.15, 0.2) is 46.9 Å². The van der Waals surface area contributed by atoms with Gasteiger partial charge in [0.15, 0.2) is 0 Å². The SMILES string of the molecule is CC(C)(C)OC(=O)N1CCC(c2ccc(-c3ccc(Cl)cc3Br)cc2)CC1. The largest absolute Gasteiger partial charge is 0.444 e. The van der Waals surface area contributed by atoms with E-state index in [1.807, 2.05) is 43.9 Å². The summed E-state index contributed by atoms with van der Waals surface area (Å²) in [5.41, 5.74) is 3.17. The maximum atomic E-state index is 12.2. The third-order valence-corrected chi connectivity index (χ3v) is 5.66. The van der Waals surface area contributed by atoms with Gasteiger partial charge in [-0.1, -0.05) is 57.9 Å². The van der Waals surface area contributed by atoms with Gasteiger partial charge in [-0.15, -0.1) is 0 Å². The summed E-state index contributed by atoms with van der Waals surface area (Å²) in [6.07, 6.45) is 1.72. The zero-order valence-corrected chi connectivity index (χ0v) is 18.3. The predicted molar refractivity (Wildman–Crippen MR) is 114 cm³/mol. The van der Waals surface area contributed by atoms with Gasteiger partial charge in [0.05, 0.1) is 0 Å². The Morgan fingerprint density at radius 2 is 1.74 bits per heavy atom. The Bertz CT molecular complexity index is 806. The van der Waals surface area contributed by atoms with Crippen LogP contribution in [0.4, 0.5) is 4.79 Å². The topological polar surface area (TPSA) is 29.5 Å². The van der Waals surface area contributed by atoms with Gasteiger partial charge in [0.2, 0.25) is 0 Å². The van der Waals surface area contributed by atoms with Crippen LogP contribution in [0.2, 0.25) is 5.02 Å². The number of halogens is 2. The summed E-state index contributed by atoms with van der Waals surface area (Å²) in [5.74, 6) is 0.478. The molecule has 0 radical (unpaired) electrons. The van der Waals surface area contributed by atoms with Crippen LogP contribution in [-0.4, -0.2) is 29.7 Å². The van der Waals surface area contributed by atoms with E-state index >= 15 is 0 Å². The summed E-state index contributed by atoms with van der Waals surface area (Å²) in [5, 5.41) is 0.721. The van der Waals surface area contributed by atoms with Crippen molar-refractivity contribution in [2.45, 2.75) is 45.1 Å². The van der Waals surface area contributed by atoms with Crippen molar-refractivity contribution < 1.29 is 9.53 Å². The minimum atomic E-state index is -0.445. The Morgan fingerprint density at radius 3 is 2.30 bits per heavy atom. The van der Waals surface area contributed by atoms with Crippen molar-refractivity contribution in [2.75, 3.05) is 13.1 Å². The van der Waals surface area contributed by atoms with Crippen LogP contribution < -0.4 is 0 Å². The molecule has 3 rings (SSSR count). The maximum absolute atomic E-state index is 12.2. The molecule has 1 heterocycles. The standard InChI is InChI=1S/C22H25BrClNO2/c1-22(2,3)27-21(26)25-12-10-16(11-13-25)15-4-6-17(7-5-15)19-9-8-18(24)14-20(19)23/h4-9,14,16H,10-13H2,1-3H3. The van der Waals surface area contributed by atoms with E-state index in [4.69, 9.17) is 16.3 Å². The molecular formula is C22H25BrClNO2. The molecule has 144 valence electrons. The number of hydrogen-bond donors (Lipinski definition) is 0. The van der Waals surface area contributed by atoms with Gasteiger partial charge in [0.25, 0.3) is 0 Å². The lowest BCUT2D eigenvalue weighted by Crippen LogP contribution is -2.41. The minimum Gasteiger partial charge on any atom is -0.444 e. The van der Waals surface area contributed by atoms with Gasteiger partial charge in [0.1, 0.15) is 5.60 Å². The first kappa shape index (κ1) is 20.2. The second-order valence-electron chi connectivity index (χ2n) is 7.99. The van der Waals surface area contributed by atoms with Crippen molar-refractivity contribution in [1.82, 2.24) is 4.90 Å². The Kier molecular flexibility index (Phi) is 6.17. The molecule has 1 saturated heterocycles. The van der Waals surface area contributed by atoms with Crippen LogP contribution in [-0.2, 0) is 4.74 Å². The van der Waals surface area contributed by atoms with Gasteiger partial charge < -0.3 is 9.64 Å². The number of carbonyl (C=O) groups excluding carboxylic acids is 1. The number of carbonyl (C=O) groups is 1. The van der Waals surface area contributed by atoms with E-state index < -0.39 is 5.60 Å². The van der Waals surface area contributed by atoms with E-state index in [2.05, 4.69) is 40.2 Å². The van der Waals surface area contributed by atoms with Crippen LogP contribution in [0.5, 0.6) is 0 Å². The highest BCUT2D eigenvalue weighted by Gasteiger charge is 2.27. The Labute approximate surface area is 174 Å². The highest BCUT2D eigenvalue weighted by atomic mass is 79.9. The van der Waals surface area contributed by atoms with Crippen LogP contribution in [0.25, 0.3) is 11.1 Å². The zero-order chi connectivity index (χ0) is 19.6. The van der Waals surface area contributed by atoms with Gasteiger partial charge in [-0.05, 0) is 68.4 Å². The maximum Gasteiger partial charge on any atom is 0.410 e. The molecule has 3 nitrogen and oxygen atoms in total. The molecule has 5 heteroatoms. The summed E-state index contributed by atoms with van der Waals surface area (Å²) in [4.78, 5) is 14.0. The van der Waals surface area contributed by atoms with Gasteiger partial charge in [-0.25, -0.2) is 4.79 Å². The second-order valence-corrected chi connectivity index (χ2v) is 9.28. The number of hydrogen-bond acceptors (Lipinski definition) is 2. The van der Waals surface area contributed by atoms with E-state index in [0.717, 1.165) is 46.6 Å². The lowest BCUT2D eigenvalue weighted by atomic mass is 9.88. The first-order chi connectivity index (χ1) is 12.7. The molecule has 0 aliphatic carbocycles. The number of benzene rings is 2. The number of piperidine rings is 1. The molecule has 1 fully saturated rings. The van der Waals surface area contributed by atoms with Crippen molar-refractivity contribution in [3.8, 4) is 11.1 Å². The molecule has 27 heavy (non-hydrogen) atoms. The number of ether oxygens (including phenoxy) is 1. The van der Waals surface area contributed by atoms with Crippen molar-refractivity contribution in [3.05, 3.63) is 57.5 Å². The molecule has 0 unspecified atom stereocenters. The van der Waals surface area contributed by atoms with Gasteiger partial charge in [-0.2, -0.15) is 0 Å². The van der Waals surface area contributed by atoms with Gasteiger partial charge >= 0.3 is 6.09 Å². The molecule has 0 aromatic heterocycles. The third kappa shape index (κ3) is 5.26. The molecule has 0 bridgehead atoms. The molecule has 1 aliphatic rings. The van der Waals surface area contributed by atoms with Crippen LogP contribution >= 0.6 is 27.5 Å². The average Bonchev–Trinajstić information content (AvgIpc) is 2.61. The van der Waals surface area contributed by atoms with Crippen molar-refractivity contribution in [1.29, 1.82) is 0 Å². The van der Waals surface area contributed by atoms with E-state index in [1.54, 1.807) is 0 Å². The molecule has 2 aromatic carbocycles. The fourth-order valence-corrected chi connectivity index (χ4v) is 4.29. The average molecular weight is 451 g/mol. The van der Waals surface area contributed by atoms with Crippen LogP contribution in [0.1, 0.15) is 45.1 Å². The van der Waals surface area contributed by atoms with Gasteiger partial charge in [0, 0.05) is 22.6 Å². The molecule has 2 aromatic rings. The third-order valence-electron chi connectivity index (χ3n) is 4.77. The number of rotatable bonds is 2. The number of likely N-dealkylation sites (tertiary alicyclic amines) is 1. The summed E-state index contributed by atoms with van der Waals surface area (Å²) >= 11 is 9.62. The second kappa shape index (κ2) is 8.24. The predicted octanol–water partition coefficient (Wildman–Crippen LogP) is 6.88. The summed E-state index contributed by atoms with van der Waals surface area (Å²) in [6.45, 7) is 7.18. The fourth-order valence-electron chi connectivity index (χ4n) is 3.38. The van der Waals surface area contributed by atoms with E-state index in [9.17, 15) is 4.79 Å². The first-order valence-corrected chi connectivity index (χ1v) is 10.4. The van der Waals surface area contributed by atoms with E-state index in [0.29, 0.717) is 5.92 Å². The van der Waals surface area contributed by atoms with Crippen molar-refractivity contribution >= 4 is 33.6 Å². The number of nitrogens with zero attached hydrogens (tertiary/aromatic N) is 1. The van der Waals surface area contributed by atoms with E-state index in [1.165, 1.54) is 5.56 Å². The summed E-state index contributed by atoms with van der Waals surface area (Å²) in [6, 6.07) is 14.6. The first-order valence-electron chi connectivity index (χ1n) is 9.26. The Hall–Kier alpha value is -1.52. The molecule has 1 aliphatic heterocycles. The molecule has 0 atom stereocenters. The van der Waals surface area contributed by atoms with Crippen molar-refractivity contribution in [2.24, 2.45) is 0 Å². The number of amides is 1. The fraction of sp³-hybridized carbons (Fsp3) is 0.409. The highest BCUT2D eigenvalue weighted by Crippen LogP contribution is 2.33. The highest BCUT2D eigenvalue weighted by molar-refractivity contribution is 9.10. The Balaban J connectivity index is 1.63. The van der Waals surface area contributed by atoms with E-state index in [-0.39, 0.29) is 6.09 Å². The Morgan fingerprint density at radius 1 is 1.11 bits per heavy atom. The van der Waals surface area contributed by atoms with Crippen LogP contribution in [0.3, 0.4) is 0 Å². The normalized spacial score (nSPS) is 15.7. The molecule has 0 saturated carbocycles. The van der Waals surface area contributed by atoms with Crippen LogP contribution in [0, 0.1) is 0 Å². The zero-order valence-electron chi connectivity index (χ0n) is 16.0.